The molecule has 0 spiro atoms. The zero-order valence-electron chi connectivity index (χ0n) is 9.84. The number of aromatic nitrogens is 1. The Hall–Kier alpha value is -1.92. The number of nitrogens with two attached hydrogens (primary N) is 1. The van der Waals surface area contributed by atoms with Crippen LogP contribution in [-0.4, -0.2) is 10.5 Å². The normalized spacial score (nSPS) is 10.3. The topological polar surface area (TPSA) is 77.1 Å². The lowest BCUT2D eigenvalue weighted by Gasteiger charge is -2.11. The van der Waals surface area contributed by atoms with Crippen molar-refractivity contribution < 1.29 is 4.79 Å². The van der Waals surface area contributed by atoms with Gasteiger partial charge in [0.2, 0.25) is 0 Å². The molecule has 0 aliphatic rings. The number of carbonyl (C=O) groups is 1. The van der Waals surface area contributed by atoms with Crippen LogP contribution in [-0.2, 0) is 6.54 Å². The van der Waals surface area contributed by atoms with Crippen LogP contribution < -0.4 is 16.8 Å². The number of thiophene rings is 1. The molecule has 0 aliphatic heterocycles. The number of hydrogen-bond acceptors (Lipinski definition) is 4. The lowest BCUT2D eigenvalue weighted by atomic mass is 10.2. The fourth-order valence-corrected chi connectivity index (χ4v) is 2.54. The maximum absolute atomic E-state index is 12.2. The van der Waals surface area contributed by atoms with Crippen LogP contribution in [0.1, 0.15) is 17.3 Å². The molecular weight excluding hydrogens is 250 g/mol. The van der Waals surface area contributed by atoms with Gasteiger partial charge in [0.1, 0.15) is 5.56 Å². The van der Waals surface area contributed by atoms with Crippen LogP contribution in [0, 0.1) is 0 Å². The molecule has 0 aliphatic carbocycles. The SMILES string of the molecule is CCn1c(-c2cccs2)ccc(C(=O)NN)c1=O. The summed E-state index contributed by atoms with van der Waals surface area (Å²) >= 11 is 1.55. The molecule has 0 saturated carbocycles. The molecule has 0 fully saturated rings. The van der Waals surface area contributed by atoms with Crippen molar-refractivity contribution in [3.63, 3.8) is 0 Å². The number of nitrogens with zero attached hydrogens (tertiary/aromatic N) is 1. The number of hydrogen-bond donors (Lipinski definition) is 2. The fourth-order valence-electron chi connectivity index (χ4n) is 1.78. The Labute approximate surface area is 108 Å². The molecule has 6 heteroatoms. The first-order valence-electron chi connectivity index (χ1n) is 5.47. The predicted molar refractivity (Wildman–Crippen MR) is 71.3 cm³/mol. The molecule has 2 aromatic heterocycles. The summed E-state index contributed by atoms with van der Waals surface area (Å²) in [5, 5.41) is 1.94. The van der Waals surface area contributed by atoms with E-state index in [1.807, 2.05) is 29.9 Å². The summed E-state index contributed by atoms with van der Waals surface area (Å²) in [6, 6.07) is 7.13. The molecule has 5 nitrogen and oxygen atoms in total. The van der Waals surface area contributed by atoms with E-state index in [9.17, 15) is 9.59 Å². The van der Waals surface area contributed by atoms with Gasteiger partial charge >= 0.3 is 0 Å². The summed E-state index contributed by atoms with van der Waals surface area (Å²) in [4.78, 5) is 24.6. The van der Waals surface area contributed by atoms with E-state index < -0.39 is 5.91 Å². The second-order valence-corrected chi connectivity index (χ2v) is 4.58. The zero-order valence-corrected chi connectivity index (χ0v) is 10.7. The minimum atomic E-state index is -0.570. The average Bonchev–Trinajstić information content (AvgIpc) is 2.91. The van der Waals surface area contributed by atoms with Gasteiger partial charge in [-0.3, -0.25) is 15.0 Å². The van der Waals surface area contributed by atoms with E-state index in [0.29, 0.717) is 6.54 Å². The van der Waals surface area contributed by atoms with Gasteiger partial charge in [0, 0.05) is 6.54 Å². The first-order chi connectivity index (χ1) is 8.69. The van der Waals surface area contributed by atoms with Gasteiger partial charge in [0.05, 0.1) is 10.6 Å². The minimum absolute atomic E-state index is 0.0552. The van der Waals surface area contributed by atoms with E-state index in [0.717, 1.165) is 10.6 Å². The molecule has 2 heterocycles. The van der Waals surface area contributed by atoms with Gasteiger partial charge in [-0.1, -0.05) is 6.07 Å². The Kier molecular flexibility index (Phi) is 3.59. The first kappa shape index (κ1) is 12.5. The van der Waals surface area contributed by atoms with Crippen LogP contribution >= 0.6 is 11.3 Å². The number of hydrazine groups is 1. The minimum Gasteiger partial charge on any atom is -0.307 e. The zero-order chi connectivity index (χ0) is 13.1. The maximum Gasteiger partial charge on any atom is 0.270 e. The Bertz CT molecular complexity index is 617. The van der Waals surface area contributed by atoms with Crippen LogP contribution in [0.15, 0.2) is 34.4 Å². The molecule has 0 bridgehead atoms. The van der Waals surface area contributed by atoms with Gasteiger partial charge in [0.15, 0.2) is 0 Å². The molecule has 0 saturated heterocycles. The highest BCUT2D eigenvalue weighted by molar-refractivity contribution is 7.13. The van der Waals surface area contributed by atoms with Crippen molar-refractivity contribution in [2.75, 3.05) is 0 Å². The van der Waals surface area contributed by atoms with Crippen LogP contribution in [0.3, 0.4) is 0 Å². The maximum atomic E-state index is 12.2. The standard InChI is InChI=1S/C12H13N3O2S/c1-2-15-9(10-4-3-7-18-10)6-5-8(12(15)17)11(16)14-13/h3-7H,2,13H2,1H3,(H,14,16). The summed E-state index contributed by atoms with van der Waals surface area (Å²) in [6.07, 6.45) is 0. The van der Waals surface area contributed by atoms with Crippen molar-refractivity contribution in [2.24, 2.45) is 5.84 Å². The monoisotopic (exact) mass is 263 g/mol. The van der Waals surface area contributed by atoms with Crippen LogP contribution in [0.5, 0.6) is 0 Å². The second-order valence-electron chi connectivity index (χ2n) is 3.63. The van der Waals surface area contributed by atoms with E-state index >= 15 is 0 Å². The van der Waals surface area contributed by atoms with Crippen LogP contribution in [0.25, 0.3) is 10.6 Å². The smallest absolute Gasteiger partial charge is 0.270 e. The molecule has 18 heavy (non-hydrogen) atoms. The number of rotatable bonds is 3. The van der Waals surface area contributed by atoms with Crippen molar-refractivity contribution in [3.05, 3.63) is 45.6 Å². The molecule has 2 rings (SSSR count). The second kappa shape index (κ2) is 5.16. The predicted octanol–water partition coefficient (Wildman–Crippen LogP) is 1.20. The van der Waals surface area contributed by atoms with E-state index in [4.69, 9.17) is 5.84 Å². The number of carbonyl (C=O) groups excluding carboxylic acids is 1. The third-order valence-electron chi connectivity index (χ3n) is 2.64. The summed E-state index contributed by atoms with van der Waals surface area (Å²) < 4.78 is 1.57. The molecule has 94 valence electrons. The van der Waals surface area contributed by atoms with Crippen molar-refractivity contribution in [1.82, 2.24) is 9.99 Å². The highest BCUT2D eigenvalue weighted by atomic mass is 32.1. The number of nitrogens with one attached hydrogen (secondary N) is 1. The fraction of sp³-hybridized carbons (Fsp3) is 0.167. The Morgan fingerprint density at radius 3 is 2.78 bits per heavy atom. The molecule has 2 aromatic rings. The Morgan fingerprint density at radius 2 is 2.22 bits per heavy atom. The summed E-state index contributed by atoms with van der Waals surface area (Å²) in [5.41, 5.74) is 2.52. The van der Waals surface area contributed by atoms with Gasteiger partial charge in [-0.25, -0.2) is 5.84 Å². The molecule has 0 atom stereocenters. The van der Waals surface area contributed by atoms with Gasteiger partial charge < -0.3 is 4.57 Å². The lowest BCUT2D eigenvalue weighted by molar-refractivity contribution is 0.0951. The van der Waals surface area contributed by atoms with Gasteiger partial charge in [-0.05, 0) is 30.5 Å². The van der Waals surface area contributed by atoms with Crippen molar-refractivity contribution >= 4 is 17.2 Å². The lowest BCUT2D eigenvalue weighted by Crippen LogP contribution is -2.36. The molecule has 0 unspecified atom stereocenters. The Morgan fingerprint density at radius 1 is 1.44 bits per heavy atom. The summed E-state index contributed by atoms with van der Waals surface area (Å²) in [6.45, 7) is 2.36. The number of amides is 1. The Balaban J connectivity index is 2.63. The van der Waals surface area contributed by atoms with Crippen LogP contribution in [0.4, 0.5) is 0 Å². The van der Waals surface area contributed by atoms with Crippen molar-refractivity contribution in [3.8, 4) is 10.6 Å². The summed E-state index contributed by atoms with van der Waals surface area (Å²) in [7, 11) is 0. The third-order valence-corrected chi connectivity index (χ3v) is 3.53. The van der Waals surface area contributed by atoms with E-state index in [-0.39, 0.29) is 11.1 Å². The molecule has 0 radical (unpaired) electrons. The highest BCUT2D eigenvalue weighted by Crippen LogP contribution is 2.23. The first-order valence-corrected chi connectivity index (χ1v) is 6.35. The van der Waals surface area contributed by atoms with Crippen molar-refractivity contribution in [1.29, 1.82) is 0 Å². The molecule has 3 N–H and O–H groups in total. The molecule has 0 aromatic carbocycles. The van der Waals surface area contributed by atoms with E-state index in [2.05, 4.69) is 0 Å². The van der Waals surface area contributed by atoms with E-state index in [1.165, 1.54) is 6.07 Å². The largest absolute Gasteiger partial charge is 0.307 e. The number of pyridine rings is 1. The van der Waals surface area contributed by atoms with Crippen LogP contribution in [0.2, 0.25) is 0 Å². The van der Waals surface area contributed by atoms with Gasteiger partial charge in [-0.15, -0.1) is 11.3 Å². The quantitative estimate of drug-likeness (QED) is 0.496. The van der Waals surface area contributed by atoms with Gasteiger partial charge in [-0.2, -0.15) is 0 Å². The molecular formula is C12H13N3O2S. The number of nitrogen functional groups attached to an aromatic ring is 1. The van der Waals surface area contributed by atoms with Crippen molar-refractivity contribution in [2.45, 2.75) is 13.5 Å². The summed E-state index contributed by atoms with van der Waals surface area (Å²) in [5.74, 6) is 4.48. The van der Waals surface area contributed by atoms with Gasteiger partial charge in [0.25, 0.3) is 11.5 Å². The highest BCUT2D eigenvalue weighted by Gasteiger charge is 2.14. The third kappa shape index (κ3) is 2.07. The van der Waals surface area contributed by atoms with E-state index in [1.54, 1.807) is 22.0 Å². The molecule has 1 amide bonds. The average molecular weight is 263 g/mol.